The lowest BCUT2D eigenvalue weighted by atomic mass is 9.90. The van der Waals surface area contributed by atoms with Gasteiger partial charge in [0.1, 0.15) is 0 Å². The fraction of sp³-hybridized carbons (Fsp3) is 0.400. The van der Waals surface area contributed by atoms with Crippen LogP contribution < -0.4 is 20.7 Å². The quantitative estimate of drug-likeness (QED) is 0.666. The van der Waals surface area contributed by atoms with Crippen molar-refractivity contribution in [2.75, 3.05) is 19.6 Å². The van der Waals surface area contributed by atoms with E-state index in [1.54, 1.807) is 14.2 Å². The largest absolute Gasteiger partial charge is 0.493 e. The van der Waals surface area contributed by atoms with E-state index in [2.05, 4.69) is 26.2 Å². The normalized spacial score (nSPS) is 11.5. The van der Waals surface area contributed by atoms with Crippen molar-refractivity contribution in [2.45, 2.75) is 26.2 Å². The first-order valence-corrected chi connectivity index (χ1v) is 6.44. The fourth-order valence-corrected chi connectivity index (χ4v) is 2.06. The van der Waals surface area contributed by atoms with Crippen LogP contribution in [0.5, 0.6) is 11.5 Å². The van der Waals surface area contributed by atoms with E-state index < -0.39 is 0 Å². The summed E-state index contributed by atoms with van der Waals surface area (Å²) < 4.78 is 10.6. The van der Waals surface area contributed by atoms with Crippen LogP contribution in [0.4, 0.5) is 5.69 Å². The van der Waals surface area contributed by atoms with E-state index in [0.29, 0.717) is 11.5 Å². The molecule has 1 aromatic heterocycles. The molecule has 5 nitrogen and oxygen atoms in total. The minimum Gasteiger partial charge on any atom is -0.493 e. The molecule has 0 bridgehead atoms. The fourth-order valence-electron chi connectivity index (χ4n) is 2.06. The molecular formula is C15H21N3O2. The van der Waals surface area contributed by atoms with Gasteiger partial charge >= 0.3 is 0 Å². The zero-order valence-electron chi connectivity index (χ0n) is 12.6. The molecule has 2 aromatic rings. The van der Waals surface area contributed by atoms with Gasteiger partial charge in [0.2, 0.25) is 0 Å². The van der Waals surface area contributed by atoms with E-state index >= 15 is 0 Å². The highest BCUT2D eigenvalue weighted by Crippen LogP contribution is 2.36. The molecule has 0 spiro atoms. The number of nitrogen functional groups attached to an aromatic ring is 1. The number of nitrogens with two attached hydrogens (primary N) is 1. The van der Waals surface area contributed by atoms with Crippen molar-refractivity contribution in [3.05, 3.63) is 23.9 Å². The Labute approximate surface area is 119 Å². The van der Waals surface area contributed by atoms with Crippen LogP contribution in [-0.2, 0) is 5.41 Å². The van der Waals surface area contributed by atoms with Crippen LogP contribution >= 0.6 is 0 Å². The lowest BCUT2D eigenvalue weighted by Gasteiger charge is -2.20. The van der Waals surface area contributed by atoms with E-state index in [9.17, 15) is 0 Å². The van der Waals surface area contributed by atoms with Crippen LogP contribution in [0.25, 0.3) is 10.9 Å². The Bertz CT molecular complexity index is 633. The highest BCUT2D eigenvalue weighted by atomic mass is 16.5. The second-order valence-electron chi connectivity index (χ2n) is 5.67. The van der Waals surface area contributed by atoms with Crippen LogP contribution in [0, 0.1) is 0 Å². The number of pyridine rings is 1. The van der Waals surface area contributed by atoms with E-state index in [1.165, 1.54) is 0 Å². The van der Waals surface area contributed by atoms with Crippen molar-refractivity contribution in [1.82, 2.24) is 4.98 Å². The molecule has 0 aliphatic carbocycles. The standard InChI is InChI=1S/C15H21N3O2/c1-15(2,3)14-8-11(18-16)9-6-12(19-4)13(20-5)7-10(9)17-14/h6-8H,16H2,1-5H3,(H,17,18). The molecule has 0 radical (unpaired) electrons. The Morgan fingerprint density at radius 3 is 2.15 bits per heavy atom. The van der Waals surface area contributed by atoms with E-state index in [1.807, 2.05) is 18.2 Å². The van der Waals surface area contributed by atoms with Crippen molar-refractivity contribution < 1.29 is 9.47 Å². The first kappa shape index (κ1) is 14.4. The van der Waals surface area contributed by atoms with Crippen LogP contribution in [0.2, 0.25) is 0 Å². The summed E-state index contributed by atoms with van der Waals surface area (Å²) in [5.74, 6) is 6.95. The zero-order valence-corrected chi connectivity index (χ0v) is 12.6. The van der Waals surface area contributed by atoms with Gasteiger partial charge in [-0.1, -0.05) is 20.8 Å². The molecule has 0 aliphatic rings. The van der Waals surface area contributed by atoms with Gasteiger partial charge in [-0.05, 0) is 12.1 Å². The number of anilines is 1. The molecule has 2 rings (SSSR count). The second-order valence-corrected chi connectivity index (χ2v) is 5.67. The Morgan fingerprint density at radius 2 is 1.65 bits per heavy atom. The number of rotatable bonds is 3. The second kappa shape index (κ2) is 5.17. The first-order chi connectivity index (χ1) is 9.40. The Kier molecular flexibility index (Phi) is 3.72. The Balaban J connectivity index is 2.77. The number of methoxy groups -OCH3 is 2. The Hall–Kier alpha value is -2.01. The van der Waals surface area contributed by atoms with Crippen molar-refractivity contribution >= 4 is 16.6 Å². The van der Waals surface area contributed by atoms with Gasteiger partial charge in [-0.2, -0.15) is 0 Å². The van der Waals surface area contributed by atoms with Gasteiger partial charge in [0.25, 0.3) is 0 Å². The summed E-state index contributed by atoms with van der Waals surface area (Å²) in [7, 11) is 3.22. The number of ether oxygens (including phenoxy) is 2. The van der Waals surface area contributed by atoms with E-state index in [0.717, 1.165) is 22.3 Å². The molecule has 0 amide bonds. The third kappa shape index (κ3) is 2.49. The lowest BCUT2D eigenvalue weighted by Crippen LogP contribution is -2.16. The summed E-state index contributed by atoms with van der Waals surface area (Å²) in [4.78, 5) is 4.71. The van der Waals surface area contributed by atoms with Crippen molar-refractivity contribution in [3.8, 4) is 11.5 Å². The number of nitrogens with zero attached hydrogens (tertiary/aromatic N) is 1. The Morgan fingerprint density at radius 1 is 1.05 bits per heavy atom. The van der Waals surface area contributed by atoms with Gasteiger partial charge in [0.05, 0.1) is 25.4 Å². The molecule has 0 fully saturated rings. The molecule has 3 N–H and O–H groups in total. The minimum absolute atomic E-state index is 0.0625. The molecule has 0 unspecified atom stereocenters. The maximum Gasteiger partial charge on any atom is 0.162 e. The van der Waals surface area contributed by atoms with Crippen LogP contribution in [-0.4, -0.2) is 19.2 Å². The highest BCUT2D eigenvalue weighted by Gasteiger charge is 2.19. The lowest BCUT2D eigenvalue weighted by molar-refractivity contribution is 0.356. The third-order valence-corrected chi connectivity index (χ3v) is 3.24. The minimum atomic E-state index is -0.0625. The molecule has 1 aromatic carbocycles. The number of hydrogen-bond acceptors (Lipinski definition) is 5. The smallest absolute Gasteiger partial charge is 0.162 e. The average Bonchev–Trinajstić information content (AvgIpc) is 2.43. The maximum atomic E-state index is 5.64. The molecule has 0 saturated heterocycles. The molecule has 5 heteroatoms. The number of nitrogens with one attached hydrogen (secondary N) is 1. The third-order valence-electron chi connectivity index (χ3n) is 3.24. The molecule has 0 atom stereocenters. The topological polar surface area (TPSA) is 69.4 Å². The van der Waals surface area contributed by atoms with Crippen molar-refractivity contribution in [3.63, 3.8) is 0 Å². The average molecular weight is 275 g/mol. The van der Waals surface area contributed by atoms with Crippen LogP contribution in [0.1, 0.15) is 26.5 Å². The van der Waals surface area contributed by atoms with Gasteiger partial charge in [0, 0.05) is 22.6 Å². The van der Waals surface area contributed by atoms with Gasteiger partial charge in [-0.3, -0.25) is 10.8 Å². The molecule has 20 heavy (non-hydrogen) atoms. The molecule has 0 aliphatic heterocycles. The highest BCUT2D eigenvalue weighted by molar-refractivity contribution is 5.93. The summed E-state index contributed by atoms with van der Waals surface area (Å²) in [6.45, 7) is 6.34. The zero-order chi connectivity index (χ0) is 14.9. The molecule has 0 saturated carbocycles. The molecule has 108 valence electrons. The number of hydrogen-bond donors (Lipinski definition) is 2. The summed E-state index contributed by atoms with van der Waals surface area (Å²) >= 11 is 0. The van der Waals surface area contributed by atoms with E-state index in [4.69, 9.17) is 20.3 Å². The van der Waals surface area contributed by atoms with Gasteiger partial charge < -0.3 is 14.9 Å². The van der Waals surface area contributed by atoms with Gasteiger partial charge in [0.15, 0.2) is 11.5 Å². The molecular weight excluding hydrogens is 254 g/mol. The monoisotopic (exact) mass is 275 g/mol. The number of aromatic nitrogens is 1. The summed E-state index contributed by atoms with van der Waals surface area (Å²) in [6, 6.07) is 5.71. The number of hydrazine groups is 1. The summed E-state index contributed by atoms with van der Waals surface area (Å²) in [6.07, 6.45) is 0. The predicted molar refractivity (Wildman–Crippen MR) is 81.4 cm³/mol. The van der Waals surface area contributed by atoms with Crippen LogP contribution in [0.3, 0.4) is 0 Å². The van der Waals surface area contributed by atoms with E-state index in [-0.39, 0.29) is 5.41 Å². The summed E-state index contributed by atoms with van der Waals surface area (Å²) in [5, 5.41) is 0.901. The van der Waals surface area contributed by atoms with Crippen molar-refractivity contribution in [1.29, 1.82) is 0 Å². The number of benzene rings is 1. The summed E-state index contributed by atoms with van der Waals surface area (Å²) in [5.41, 5.74) is 5.28. The number of fused-ring (bicyclic) bond motifs is 1. The predicted octanol–water partition coefficient (Wildman–Crippen LogP) is 2.84. The first-order valence-electron chi connectivity index (χ1n) is 6.44. The maximum absolute atomic E-state index is 5.64. The van der Waals surface area contributed by atoms with Crippen molar-refractivity contribution in [2.24, 2.45) is 5.84 Å². The van der Waals surface area contributed by atoms with Gasteiger partial charge in [-0.15, -0.1) is 0 Å². The van der Waals surface area contributed by atoms with Crippen LogP contribution in [0.15, 0.2) is 18.2 Å². The van der Waals surface area contributed by atoms with Gasteiger partial charge in [-0.25, -0.2) is 0 Å². The SMILES string of the molecule is COc1cc2nc(C(C)(C)C)cc(NN)c2cc1OC. The molecule has 1 heterocycles.